The summed E-state index contributed by atoms with van der Waals surface area (Å²) in [4.78, 5) is 22.7. The number of aromatic nitrogens is 1. The zero-order valence-electron chi connectivity index (χ0n) is 20.9. The third kappa shape index (κ3) is 6.08. The highest BCUT2D eigenvalue weighted by molar-refractivity contribution is 7.92. The van der Waals surface area contributed by atoms with Crippen LogP contribution in [0.5, 0.6) is 0 Å². The fourth-order valence-corrected chi connectivity index (χ4v) is 6.43. The minimum absolute atomic E-state index is 0.0701. The molecule has 0 saturated carbocycles. The molecule has 1 aromatic heterocycles. The fraction of sp³-hybridized carbons (Fsp3) is 0.462. The highest BCUT2D eigenvalue weighted by Gasteiger charge is 2.23. The Labute approximate surface area is 221 Å². The molecule has 1 saturated heterocycles. The van der Waals surface area contributed by atoms with Crippen molar-refractivity contribution in [2.75, 3.05) is 44.3 Å². The average Bonchev–Trinajstić information content (AvgIpc) is 3.29. The van der Waals surface area contributed by atoms with Crippen LogP contribution in [0, 0.1) is 6.92 Å². The number of carbonyl (C=O) groups excluding carboxylic acids is 1. The van der Waals surface area contributed by atoms with Crippen LogP contribution in [0.2, 0.25) is 5.02 Å². The van der Waals surface area contributed by atoms with Gasteiger partial charge in [0.15, 0.2) is 15.0 Å². The normalized spacial score (nSPS) is 15.0. The van der Waals surface area contributed by atoms with E-state index in [9.17, 15) is 13.2 Å². The van der Waals surface area contributed by atoms with Gasteiger partial charge in [0.1, 0.15) is 0 Å². The first-order valence-electron chi connectivity index (χ1n) is 12.2. The second-order valence-corrected chi connectivity index (χ2v) is 13.2. The van der Waals surface area contributed by atoms with E-state index in [0.29, 0.717) is 16.7 Å². The molecule has 2 heterocycles. The quantitative estimate of drug-likeness (QED) is 0.383. The summed E-state index contributed by atoms with van der Waals surface area (Å²) in [5.74, 6) is -0.0701. The fourth-order valence-electron chi connectivity index (χ4n) is 4.15. The van der Waals surface area contributed by atoms with E-state index in [0.717, 1.165) is 60.6 Å². The zero-order valence-corrected chi connectivity index (χ0v) is 23.3. The van der Waals surface area contributed by atoms with E-state index >= 15 is 0 Å². The topological polar surface area (TPSA) is 79.8 Å². The molecule has 4 rings (SSSR count). The lowest BCUT2D eigenvalue weighted by Gasteiger charge is -2.27. The molecule has 0 atom stereocenters. The predicted molar refractivity (Wildman–Crippen MR) is 146 cm³/mol. The summed E-state index contributed by atoms with van der Waals surface area (Å²) in [5, 5.41) is 0.810. The number of morpholine rings is 1. The number of sulfone groups is 1. The molecule has 0 bridgehead atoms. The molecule has 1 amide bonds. The molecular weight excluding hydrogens is 518 g/mol. The second kappa shape index (κ2) is 11.6. The highest BCUT2D eigenvalue weighted by Crippen LogP contribution is 2.34. The lowest BCUT2D eigenvalue weighted by Crippen LogP contribution is -2.39. The number of thiazole rings is 1. The molecule has 3 aromatic rings. The molecule has 0 spiro atoms. The van der Waals surface area contributed by atoms with Crippen molar-refractivity contribution in [1.29, 1.82) is 0 Å². The van der Waals surface area contributed by atoms with Gasteiger partial charge in [-0.2, -0.15) is 0 Å². The summed E-state index contributed by atoms with van der Waals surface area (Å²) in [5.41, 5.74) is 2.48. The van der Waals surface area contributed by atoms with Gasteiger partial charge in [-0.25, -0.2) is 13.4 Å². The summed E-state index contributed by atoms with van der Waals surface area (Å²) < 4.78 is 31.3. The number of ether oxygens (including phenoxy) is 1. The minimum Gasteiger partial charge on any atom is -0.379 e. The first-order valence-corrected chi connectivity index (χ1v) is 14.9. The lowest BCUT2D eigenvalue weighted by molar-refractivity contribution is -0.118. The van der Waals surface area contributed by atoms with Gasteiger partial charge >= 0.3 is 0 Å². The van der Waals surface area contributed by atoms with Crippen LogP contribution in [-0.4, -0.2) is 68.9 Å². The minimum atomic E-state index is -3.35. The van der Waals surface area contributed by atoms with Crippen molar-refractivity contribution in [3.8, 4) is 0 Å². The number of hydrogen-bond acceptors (Lipinski definition) is 7. The monoisotopic (exact) mass is 549 g/mol. The van der Waals surface area contributed by atoms with Crippen LogP contribution in [0.3, 0.4) is 0 Å². The Morgan fingerprint density at radius 1 is 1.17 bits per heavy atom. The number of benzene rings is 2. The van der Waals surface area contributed by atoms with Gasteiger partial charge in [-0.3, -0.25) is 14.6 Å². The molecule has 2 aromatic carbocycles. The summed E-state index contributed by atoms with van der Waals surface area (Å²) in [6, 6.07) is 10.4. The summed E-state index contributed by atoms with van der Waals surface area (Å²) in [6.07, 6.45) is 0.974. The maximum absolute atomic E-state index is 13.5. The Bertz CT molecular complexity index is 1320. The molecule has 0 aliphatic carbocycles. The van der Waals surface area contributed by atoms with E-state index in [-0.39, 0.29) is 17.2 Å². The number of anilines is 1. The van der Waals surface area contributed by atoms with Gasteiger partial charge in [0.25, 0.3) is 0 Å². The van der Waals surface area contributed by atoms with Crippen molar-refractivity contribution < 1.29 is 17.9 Å². The standard InChI is InChI=1S/C26H32ClN3O4S2/c1-18(2)36(32,33)21-7-5-20(6-8-21)17-24(31)30(12-4-11-29-13-15-34-16-14-29)26-28-25-19(3)22(27)9-10-23(25)35-26/h5-10,18H,4,11-17H2,1-3H3. The highest BCUT2D eigenvalue weighted by atomic mass is 35.5. The molecule has 1 fully saturated rings. The SMILES string of the molecule is Cc1c(Cl)ccc2sc(N(CCCN3CCOCC3)C(=O)Cc3ccc(S(=O)(=O)C(C)C)cc3)nc12. The average molecular weight is 550 g/mol. The Morgan fingerprint density at radius 3 is 2.53 bits per heavy atom. The van der Waals surface area contributed by atoms with Gasteiger partial charge in [0.2, 0.25) is 5.91 Å². The van der Waals surface area contributed by atoms with Crippen LogP contribution < -0.4 is 4.90 Å². The second-order valence-electron chi connectivity index (χ2n) is 9.28. The van der Waals surface area contributed by atoms with Gasteiger partial charge in [-0.1, -0.05) is 35.1 Å². The lowest BCUT2D eigenvalue weighted by atomic mass is 10.1. The molecule has 1 aliphatic rings. The number of carbonyl (C=O) groups is 1. The number of rotatable bonds is 9. The van der Waals surface area contributed by atoms with Gasteiger partial charge in [-0.05, 0) is 62.6 Å². The molecule has 7 nitrogen and oxygen atoms in total. The van der Waals surface area contributed by atoms with Crippen molar-refractivity contribution in [3.05, 3.63) is 52.5 Å². The third-order valence-electron chi connectivity index (χ3n) is 6.46. The summed E-state index contributed by atoms with van der Waals surface area (Å²) >= 11 is 7.79. The molecule has 0 N–H and O–H groups in total. The number of amides is 1. The smallest absolute Gasteiger partial charge is 0.233 e. The predicted octanol–water partition coefficient (Wildman–Crippen LogP) is 4.74. The molecule has 10 heteroatoms. The van der Waals surface area contributed by atoms with Crippen LogP contribution in [0.1, 0.15) is 31.4 Å². The van der Waals surface area contributed by atoms with Gasteiger partial charge in [0.05, 0.1) is 40.0 Å². The van der Waals surface area contributed by atoms with Crippen molar-refractivity contribution >= 4 is 54.0 Å². The maximum Gasteiger partial charge on any atom is 0.233 e. The van der Waals surface area contributed by atoms with Crippen molar-refractivity contribution in [1.82, 2.24) is 9.88 Å². The van der Waals surface area contributed by atoms with Crippen LogP contribution in [-0.2, 0) is 25.8 Å². The van der Waals surface area contributed by atoms with Crippen molar-refractivity contribution in [2.45, 2.75) is 43.8 Å². The van der Waals surface area contributed by atoms with E-state index in [4.69, 9.17) is 21.3 Å². The Balaban J connectivity index is 1.54. The molecule has 0 unspecified atom stereocenters. The molecule has 36 heavy (non-hydrogen) atoms. The maximum atomic E-state index is 13.5. The Kier molecular flexibility index (Phi) is 8.67. The Hall–Kier alpha value is -2.04. The van der Waals surface area contributed by atoms with Crippen molar-refractivity contribution in [2.24, 2.45) is 0 Å². The molecule has 1 aliphatic heterocycles. The van der Waals surface area contributed by atoms with E-state index in [1.807, 2.05) is 19.1 Å². The number of hydrogen-bond donors (Lipinski definition) is 0. The first kappa shape index (κ1) is 27.0. The van der Waals surface area contributed by atoms with Crippen LogP contribution >= 0.6 is 22.9 Å². The van der Waals surface area contributed by atoms with E-state index in [2.05, 4.69) is 4.90 Å². The van der Waals surface area contributed by atoms with Crippen LogP contribution in [0.4, 0.5) is 5.13 Å². The van der Waals surface area contributed by atoms with Gasteiger partial charge < -0.3 is 4.74 Å². The zero-order chi connectivity index (χ0) is 25.9. The first-order chi connectivity index (χ1) is 17.2. The Morgan fingerprint density at radius 2 is 1.86 bits per heavy atom. The molecular formula is C26H32ClN3O4S2. The van der Waals surface area contributed by atoms with Crippen molar-refractivity contribution in [3.63, 3.8) is 0 Å². The largest absolute Gasteiger partial charge is 0.379 e. The number of nitrogens with zero attached hydrogens (tertiary/aromatic N) is 3. The van der Waals surface area contributed by atoms with E-state index in [1.165, 1.54) is 11.3 Å². The summed E-state index contributed by atoms with van der Waals surface area (Å²) in [7, 11) is -3.35. The van der Waals surface area contributed by atoms with Gasteiger partial charge in [0, 0.05) is 31.2 Å². The molecule has 0 radical (unpaired) electrons. The molecule has 194 valence electrons. The van der Waals surface area contributed by atoms with Crippen LogP contribution in [0.25, 0.3) is 10.2 Å². The number of halogens is 1. The summed E-state index contributed by atoms with van der Waals surface area (Å²) in [6.45, 7) is 9.96. The number of aryl methyl sites for hydroxylation is 1. The van der Waals surface area contributed by atoms with E-state index in [1.54, 1.807) is 43.0 Å². The third-order valence-corrected chi connectivity index (χ3v) is 10.1. The number of fused-ring (bicyclic) bond motifs is 1. The van der Waals surface area contributed by atoms with E-state index < -0.39 is 15.1 Å². The van der Waals surface area contributed by atoms with Gasteiger partial charge in [-0.15, -0.1) is 0 Å². The van der Waals surface area contributed by atoms with Crippen LogP contribution in [0.15, 0.2) is 41.3 Å².